The van der Waals surface area contributed by atoms with E-state index >= 15 is 0 Å². The standard InChI is InChI=1S/C45H79NO5/c1-3-5-7-9-11-13-15-16-17-18-19-20-21-23-25-27-32-36-40-45(50)51-42(37-33-29-26-24-22-14-12-10-8-6-4-2)38-34-30-28-31-35-39-43(47)46-41-44(48)49/h6,8,12,14,24,26,33,37,42H,3-5,7,9-11,13,15-23,25,27-32,34-36,38-41H2,1-2H3,(H,46,47)(H,48,49)/b8-6-,14-12-,26-24-,37-33-. The van der Waals surface area contributed by atoms with Gasteiger partial charge in [0.2, 0.25) is 5.91 Å². The first kappa shape index (κ1) is 48.4. The molecule has 0 rings (SSSR count). The monoisotopic (exact) mass is 714 g/mol. The maximum atomic E-state index is 12.7. The predicted molar refractivity (Wildman–Crippen MR) is 217 cm³/mol. The molecule has 1 atom stereocenters. The van der Waals surface area contributed by atoms with Crippen molar-refractivity contribution in [1.82, 2.24) is 5.32 Å². The molecule has 0 aromatic carbocycles. The first-order chi connectivity index (χ1) is 25.0. The zero-order valence-corrected chi connectivity index (χ0v) is 33.2. The molecule has 0 aliphatic rings. The van der Waals surface area contributed by atoms with Gasteiger partial charge in [-0.1, -0.05) is 185 Å². The number of amides is 1. The van der Waals surface area contributed by atoms with Crippen LogP contribution in [-0.2, 0) is 19.1 Å². The lowest BCUT2D eigenvalue weighted by Gasteiger charge is -2.14. The summed E-state index contributed by atoms with van der Waals surface area (Å²) < 4.78 is 5.91. The molecule has 6 heteroatoms. The molecule has 51 heavy (non-hydrogen) atoms. The summed E-state index contributed by atoms with van der Waals surface area (Å²) in [5, 5.41) is 11.1. The third-order valence-corrected chi connectivity index (χ3v) is 9.25. The molecule has 6 nitrogen and oxygen atoms in total. The highest BCUT2D eigenvalue weighted by Crippen LogP contribution is 2.16. The largest absolute Gasteiger partial charge is 0.480 e. The Kier molecular flexibility index (Phi) is 38.1. The first-order valence-corrected chi connectivity index (χ1v) is 21.3. The maximum absolute atomic E-state index is 12.7. The SMILES string of the molecule is CC/C=C\C/C=C\C/C=C\C/C=C\C(CCCCCCCC(=O)NCC(=O)O)OC(=O)CCCCCCCCCCCCCCCCCCCC. The molecule has 2 N–H and O–H groups in total. The van der Waals surface area contributed by atoms with Crippen molar-refractivity contribution in [3.8, 4) is 0 Å². The number of carboxylic acids is 1. The summed E-state index contributed by atoms with van der Waals surface area (Å²) in [6, 6.07) is 0. The molecule has 0 heterocycles. The Morgan fingerprint density at radius 1 is 0.529 bits per heavy atom. The summed E-state index contributed by atoms with van der Waals surface area (Å²) in [5.74, 6) is -1.33. The highest BCUT2D eigenvalue weighted by Gasteiger charge is 2.11. The van der Waals surface area contributed by atoms with Crippen LogP contribution in [0, 0.1) is 0 Å². The van der Waals surface area contributed by atoms with Crippen molar-refractivity contribution in [1.29, 1.82) is 0 Å². The molecular weight excluding hydrogens is 634 g/mol. The third-order valence-electron chi connectivity index (χ3n) is 9.25. The van der Waals surface area contributed by atoms with Crippen LogP contribution in [-0.4, -0.2) is 35.6 Å². The second kappa shape index (κ2) is 40.1. The van der Waals surface area contributed by atoms with Crippen LogP contribution in [0.25, 0.3) is 0 Å². The number of hydrogen-bond acceptors (Lipinski definition) is 4. The molecule has 0 radical (unpaired) electrons. The van der Waals surface area contributed by atoms with E-state index in [-0.39, 0.29) is 24.5 Å². The minimum Gasteiger partial charge on any atom is -0.480 e. The Hall–Kier alpha value is -2.63. The van der Waals surface area contributed by atoms with Gasteiger partial charge in [0, 0.05) is 12.8 Å². The van der Waals surface area contributed by atoms with Crippen LogP contribution in [0.3, 0.4) is 0 Å². The van der Waals surface area contributed by atoms with E-state index in [1.165, 1.54) is 103 Å². The Morgan fingerprint density at radius 2 is 0.941 bits per heavy atom. The topological polar surface area (TPSA) is 92.7 Å². The summed E-state index contributed by atoms with van der Waals surface area (Å²) in [6.45, 7) is 4.10. The highest BCUT2D eigenvalue weighted by atomic mass is 16.5. The number of carbonyl (C=O) groups is 3. The van der Waals surface area contributed by atoms with Crippen LogP contribution >= 0.6 is 0 Å². The predicted octanol–water partition coefficient (Wildman–Crippen LogP) is 13.1. The quantitative estimate of drug-likeness (QED) is 0.0377. The minimum atomic E-state index is -1.03. The fourth-order valence-corrected chi connectivity index (χ4v) is 6.13. The lowest BCUT2D eigenvalue weighted by atomic mass is 10.0. The van der Waals surface area contributed by atoms with E-state index in [0.29, 0.717) is 12.8 Å². The van der Waals surface area contributed by atoms with Crippen molar-refractivity contribution in [2.24, 2.45) is 0 Å². The van der Waals surface area contributed by atoms with Gasteiger partial charge in [-0.25, -0.2) is 0 Å². The molecule has 0 aliphatic heterocycles. The van der Waals surface area contributed by atoms with Gasteiger partial charge in [0.15, 0.2) is 0 Å². The van der Waals surface area contributed by atoms with Gasteiger partial charge in [-0.3, -0.25) is 14.4 Å². The zero-order valence-electron chi connectivity index (χ0n) is 33.2. The Bertz CT molecular complexity index is 922. The lowest BCUT2D eigenvalue weighted by Crippen LogP contribution is -2.28. The molecule has 0 aromatic heterocycles. The molecule has 0 aromatic rings. The molecule has 0 spiro atoms. The van der Waals surface area contributed by atoms with Gasteiger partial charge in [0.1, 0.15) is 12.6 Å². The number of hydrogen-bond donors (Lipinski definition) is 2. The fraction of sp³-hybridized carbons (Fsp3) is 0.756. The number of esters is 1. The molecule has 0 saturated carbocycles. The average Bonchev–Trinajstić information content (AvgIpc) is 3.11. The molecule has 1 unspecified atom stereocenters. The number of carbonyl (C=O) groups excluding carboxylic acids is 2. The Balaban J connectivity index is 4.19. The van der Waals surface area contributed by atoms with Crippen molar-refractivity contribution < 1.29 is 24.2 Å². The third kappa shape index (κ3) is 40.0. The number of rotatable bonds is 38. The normalized spacial score (nSPS) is 12.5. The van der Waals surface area contributed by atoms with Crippen LogP contribution in [0.4, 0.5) is 0 Å². The summed E-state index contributed by atoms with van der Waals surface area (Å²) in [7, 11) is 0. The number of ether oxygens (including phenoxy) is 1. The van der Waals surface area contributed by atoms with Gasteiger partial charge < -0.3 is 15.2 Å². The maximum Gasteiger partial charge on any atom is 0.322 e. The van der Waals surface area contributed by atoms with Gasteiger partial charge in [0.05, 0.1) is 0 Å². The van der Waals surface area contributed by atoms with Crippen molar-refractivity contribution in [2.75, 3.05) is 6.54 Å². The summed E-state index contributed by atoms with van der Waals surface area (Å²) in [6.07, 6.45) is 51.1. The molecule has 294 valence electrons. The second-order valence-corrected chi connectivity index (χ2v) is 14.2. The van der Waals surface area contributed by atoms with Crippen molar-refractivity contribution in [2.45, 2.75) is 213 Å². The molecule has 0 aliphatic carbocycles. The van der Waals surface area contributed by atoms with E-state index in [2.05, 4.69) is 67.8 Å². The molecule has 0 fully saturated rings. The average molecular weight is 714 g/mol. The molecular formula is C45H79NO5. The Morgan fingerprint density at radius 3 is 1.41 bits per heavy atom. The second-order valence-electron chi connectivity index (χ2n) is 14.2. The van der Waals surface area contributed by atoms with Crippen LogP contribution in [0.1, 0.15) is 206 Å². The van der Waals surface area contributed by atoms with E-state index in [4.69, 9.17) is 9.84 Å². The van der Waals surface area contributed by atoms with Gasteiger partial charge >= 0.3 is 11.9 Å². The summed E-state index contributed by atoms with van der Waals surface area (Å²) >= 11 is 0. The Labute approximate surface area is 314 Å². The number of carboxylic acid groups (broad SMARTS) is 1. The zero-order chi connectivity index (χ0) is 37.3. The van der Waals surface area contributed by atoms with E-state index in [9.17, 15) is 14.4 Å². The minimum absolute atomic E-state index is 0.0914. The van der Waals surface area contributed by atoms with Gasteiger partial charge in [-0.05, 0) is 57.4 Å². The van der Waals surface area contributed by atoms with Gasteiger partial charge in [-0.15, -0.1) is 0 Å². The number of nitrogens with one attached hydrogen (secondary N) is 1. The van der Waals surface area contributed by atoms with E-state index in [1.807, 2.05) is 0 Å². The number of aliphatic carboxylic acids is 1. The fourth-order valence-electron chi connectivity index (χ4n) is 6.13. The van der Waals surface area contributed by atoms with Crippen LogP contribution in [0.2, 0.25) is 0 Å². The van der Waals surface area contributed by atoms with Gasteiger partial charge in [0.25, 0.3) is 0 Å². The van der Waals surface area contributed by atoms with Crippen LogP contribution < -0.4 is 5.32 Å². The van der Waals surface area contributed by atoms with Crippen molar-refractivity contribution in [3.05, 3.63) is 48.6 Å². The molecule has 0 bridgehead atoms. The highest BCUT2D eigenvalue weighted by molar-refractivity contribution is 5.80. The summed E-state index contributed by atoms with van der Waals surface area (Å²) in [4.78, 5) is 34.9. The van der Waals surface area contributed by atoms with Crippen molar-refractivity contribution >= 4 is 17.8 Å². The van der Waals surface area contributed by atoms with Crippen molar-refractivity contribution in [3.63, 3.8) is 0 Å². The van der Waals surface area contributed by atoms with E-state index in [0.717, 1.165) is 77.0 Å². The van der Waals surface area contributed by atoms with Gasteiger partial charge in [-0.2, -0.15) is 0 Å². The van der Waals surface area contributed by atoms with Crippen LogP contribution in [0.15, 0.2) is 48.6 Å². The number of unbranched alkanes of at least 4 members (excludes halogenated alkanes) is 21. The smallest absolute Gasteiger partial charge is 0.322 e. The first-order valence-electron chi connectivity index (χ1n) is 21.3. The van der Waals surface area contributed by atoms with E-state index in [1.54, 1.807) is 0 Å². The lowest BCUT2D eigenvalue weighted by molar-refractivity contribution is -0.147. The van der Waals surface area contributed by atoms with E-state index < -0.39 is 5.97 Å². The number of allylic oxidation sites excluding steroid dienone is 7. The van der Waals surface area contributed by atoms with Crippen LogP contribution in [0.5, 0.6) is 0 Å². The summed E-state index contributed by atoms with van der Waals surface area (Å²) in [5.41, 5.74) is 0. The molecule has 0 saturated heterocycles. The molecule has 1 amide bonds.